The molecule has 2 unspecified atom stereocenters. The van der Waals surface area contributed by atoms with Crippen LogP contribution in [-0.2, 0) is 6.54 Å². The minimum Gasteiger partial charge on any atom is -0.508 e. The smallest absolute Gasteiger partial charge is 0.120 e. The number of aryl methyl sites for hydroxylation is 1. The first-order valence-electron chi connectivity index (χ1n) is 6.22. The Kier molecular flexibility index (Phi) is 3.49. The van der Waals surface area contributed by atoms with E-state index in [4.69, 9.17) is 0 Å². The maximum atomic E-state index is 9.70. The van der Waals surface area contributed by atoms with Crippen molar-refractivity contribution < 1.29 is 5.11 Å². The van der Waals surface area contributed by atoms with Crippen molar-refractivity contribution in [2.24, 2.45) is 5.92 Å². The molecule has 2 N–H and O–H groups in total. The van der Waals surface area contributed by atoms with Crippen LogP contribution in [0.25, 0.3) is 0 Å². The molecule has 0 radical (unpaired) electrons. The predicted molar refractivity (Wildman–Crippen MR) is 66.5 cm³/mol. The van der Waals surface area contributed by atoms with Crippen molar-refractivity contribution in [3.8, 4) is 5.75 Å². The maximum Gasteiger partial charge on any atom is 0.120 e. The summed E-state index contributed by atoms with van der Waals surface area (Å²) in [5.41, 5.74) is 2.22. The van der Waals surface area contributed by atoms with E-state index >= 15 is 0 Å². The Bertz CT molecular complexity index is 362. The Balaban J connectivity index is 1.84. The van der Waals surface area contributed by atoms with Gasteiger partial charge in [-0.15, -0.1) is 0 Å². The van der Waals surface area contributed by atoms with Crippen LogP contribution < -0.4 is 5.32 Å². The Morgan fingerprint density at radius 1 is 1.44 bits per heavy atom. The summed E-state index contributed by atoms with van der Waals surface area (Å²) in [7, 11) is 0. The van der Waals surface area contributed by atoms with Gasteiger partial charge in [0.2, 0.25) is 0 Å². The molecule has 1 aromatic carbocycles. The van der Waals surface area contributed by atoms with Crippen molar-refractivity contribution in [2.75, 3.05) is 0 Å². The molecule has 0 amide bonds. The van der Waals surface area contributed by atoms with E-state index in [9.17, 15) is 5.11 Å². The number of aromatic hydroxyl groups is 1. The Morgan fingerprint density at radius 3 is 3.00 bits per heavy atom. The van der Waals surface area contributed by atoms with Crippen molar-refractivity contribution in [1.82, 2.24) is 5.32 Å². The summed E-state index contributed by atoms with van der Waals surface area (Å²) < 4.78 is 0. The van der Waals surface area contributed by atoms with Gasteiger partial charge in [0.1, 0.15) is 5.75 Å². The second-order valence-corrected chi connectivity index (χ2v) is 4.90. The van der Waals surface area contributed by atoms with E-state index in [1.807, 2.05) is 6.07 Å². The molecule has 0 saturated heterocycles. The van der Waals surface area contributed by atoms with E-state index < -0.39 is 0 Å². The summed E-state index contributed by atoms with van der Waals surface area (Å²) in [6.45, 7) is 5.08. The highest BCUT2D eigenvalue weighted by molar-refractivity contribution is 5.35. The number of hydrogen-bond acceptors (Lipinski definition) is 2. The topological polar surface area (TPSA) is 32.3 Å². The van der Waals surface area contributed by atoms with Crippen LogP contribution in [0.5, 0.6) is 5.75 Å². The molecule has 1 aliphatic rings. The van der Waals surface area contributed by atoms with Crippen LogP contribution in [0.1, 0.15) is 37.3 Å². The normalized spacial score (nSPS) is 23.4. The summed E-state index contributed by atoms with van der Waals surface area (Å²) in [5, 5.41) is 13.2. The Hall–Kier alpha value is -1.02. The first kappa shape index (κ1) is 11.5. The molecule has 0 spiro atoms. The summed E-state index contributed by atoms with van der Waals surface area (Å²) in [6, 6.07) is 6.46. The molecule has 2 heteroatoms. The third-order valence-electron chi connectivity index (χ3n) is 3.37. The molecular weight excluding hydrogens is 198 g/mol. The highest BCUT2D eigenvalue weighted by Gasteiger charge is 2.35. The molecule has 2 rings (SSSR count). The third-order valence-corrected chi connectivity index (χ3v) is 3.37. The van der Waals surface area contributed by atoms with Gasteiger partial charge in [0, 0.05) is 18.2 Å². The van der Waals surface area contributed by atoms with Crippen LogP contribution in [0, 0.1) is 12.8 Å². The second kappa shape index (κ2) is 4.88. The zero-order valence-corrected chi connectivity index (χ0v) is 10.2. The van der Waals surface area contributed by atoms with Crippen LogP contribution in [0.4, 0.5) is 0 Å². The summed E-state index contributed by atoms with van der Waals surface area (Å²) in [4.78, 5) is 0. The molecular formula is C14H21NO. The number of hydrogen-bond donors (Lipinski definition) is 2. The fourth-order valence-corrected chi connectivity index (χ4v) is 2.28. The third kappa shape index (κ3) is 2.76. The molecule has 88 valence electrons. The first-order valence-corrected chi connectivity index (χ1v) is 6.22. The lowest BCUT2D eigenvalue weighted by Crippen LogP contribution is -2.17. The van der Waals surface area contributed by atoms with Gasteiger partial charge in [-0.05, 0) is 31.7 Å². The first-order chi connectivity index (χ1) is 7.70. The van der Waals surface area contributed by atoms with Gasteiger partial charge in [-0.1, -0.05) is 31.0 Å². The number of rotatable bonds is 5. The zero-order valence-electron chi connectivity index (χ0n) is 10.2. The highest BCUT2D eigenvalue weighted by atomic mass is 16.3. The molecule has 2 nitrogen and oxygen atoms in total. The van der Waals surface area contributed by atoms with E-state index in [-0.39, 0.29) is 0 Å². The van der Waals surface area contributed by atoms with Crippen LogP contribution in [0.15, 0.2) is 18.2 Å². The van der Waals surface area contributed by atoms with Crippen LogP contribution in [0.2, 0.25) is 0 Å². The molecule has 0 aliphatic heterocycles. The van der Waals surface area contributed by atoms with Crippen molar-refractivity contribution >= 4 is 0 Å². The molecule has 1 aromatic rings. The molecule has 2 atom stereocenters. The number of phenols is 1. The van der Waals surface area contributed by atoms with Crippen LogP contribution in [0.3, 0.4) is 0 Å². The van der Waals surface area contributed by atoms with Gasteiger partial charge in [0.05, 0.1) is 0 Å². The van der Waals surface area contributed by atoms with Crippen molar-refractivity contribution in [1.29, 1.82) is 0 Å². The van der Waals surface area contributed by atoms with Crippen LogP contribution >= 0.6 is 0 Å². The van der Waals surface area contributed by atoms with Gasteiger partial charge >= 0.3 is 0 Å². The van der Waals surface area contributed by atoms with E-state index in [0.29, 0.717) is 11.8 Å². The minimum atomic E-state index is 0.408. The molecule has 16 heavy (non-hydrogen) atoms. The lowest BCUT2D eigenvalue weighted by Gasteiger charge is -2.07. The quantitative estimate of drug-likeness (QED) is 0.798. The van der Waals surface area contributed by atoms with Crippen molar-refractivity contribution in [3.63, 3.8) is 0 Å². The summed E-state index contributed by atoms with van der Waals surface area (Å²) in [6.07, 6.45) is 3.91. The Labute approximate surface area is 97.7 Å². The minimum absolute atomic E-state index is 0.408. The standard InChI is InChI=1S/C14H21NO/c1-3-4-11-8-13(11)15-9-12-7-10(2)5-6-14(12)16/h5-7,11,13,15-16H,3-4,8-9H2,1-2H3. The molecule has 0 bridgehead atoms. The predicted octanol–water partition coefficient (Wildman–Crippen LogP) is 2.98. The number of phenolic OH excluding ortho intramolecular Hbond substituents is 1. The van der Waals surface area contributed by atoms with E-state index in [1.54, 1.807) is 6.07 Å². The summed E-state index contributed by atoms with van der Waals surface area (Å²) in [5.74, 6) is 1.28. The molecule has 0 aromatic heterocycles. The monoisotopic (exact) mass is 219 g/mol. The lowest BCUT2D eigenvalue weighted by atomic mass is 10.1. The second-order valence-electron chi connectivity index (χ2n) is 4.90. The molecule has 1 saturated carbocycles. The Morgan fingerprint density at radius 2 is 2.25 bits per heavy atom. The number of benzene rings is 1. The van der Waals surface area contributed by atoms with Crippen LogP contribution in [-0.4, -0.2) is 11.1 Å². The average Bonchev–Trinajstić information content (AvgIpc) is 2.99. The fraction of sp³-hybridized carbons (Fsp3) is 0.571. The number of nitrogens with one attached hydrogen (secondary N) is 1. The van der Waals surface area contributed by atoms with Crippen molar-refractivity contribution in [3.05, 3.63) is 29.3 Å². The van der Waals surface area contributed by atoms with Gasteiger partial charge in [0.25, 0.3) is 0 Å². The highest BCUT2D eigenvalue weighted by Crippen LogP contribution is 2.35. The largest absolute Gasteiger partial charge is 0.508 e. The average molecular weight is 219 g/mol. The van der Waals surface area contributed by atoms with Crippen molar-refractivity contribution in [2.45, 2.75) is 45.7 Å². The molecule has 1 aliphatic carbocycles. The maximum absolute atomic E-state index is 9.70. The van der Waals surface area contributed by atoms with E-state index in [1.165, 1.54) is 24.8 Å². The SMILES string of the molecule is CCCC1CC1NCc1cc(C)ccc1O. The lowest BCUT2D eigenvalue weighted by molar-refractivity contribution is 0.463. The van der Waals surface area contributed by atoms with Gasteiger partial charge < -0.3 is 10.4 Å². The fourth-order valence-electron chi connectivity index (χ4n) is 2.28. The van der Waals surface area contributed by atoms with Gasteiger partial charge in [-0.3, -0.25) is 0 Å². The molecule has 1 fully saturated rings. The van der Waals surface area contributed by atoms with Gasteiger partial charge in [0.15, 0.2) is 0 Å². The van der Waals surface area contributed by atoms with Gasteiger partial charge in [-0.25, -0.2) is 0 Å². The van der Waals surface area contributed by atoms with E-state index in [2.05, 4.69) is 25.2 Å². The molecule has 0 heterocycles. The van der Waals surface area contributed by atoms with E-state index in [0.717, 1.165) is 18.0 Å². The zero-order chi connectivity index (χ0) is 11.5. The van der Waals surface area contributed by atoms with Gasteiger partial charge in [-0.2, -0.15) is 0 Å². The summed E-state index contributed by atoms with van der Waals surface area (Å²) >= 11 is 0.